The molecule has 1 heterocycles. The van der Waals surface area contributed by atoms with Crippen LogP contribution in [0.3, 0.4) is 0 Å². The first-order chi connectivity index (χ1) is 9.05. The molecule has 2 N–H and O–H groups in total. The van der Waals surface area contributed by atoms with Crippen molar-refractivity contribution in [2.75, 3.05) is 20.1 Å². The SMILES string of the molecule is CC1CCCC(CN)(N(C)CCc2cnn(C)c2)C1. The number of hydrogen-bond donors (Lipinski definition) is 1. The molecule has 1 saturated carbocycles. The molecule has 1 aromatic heterocycles. The van der Waals surface area contributed by atoms with Crippen molar-refractivity contribution in [3.63, 3.8) is 0 Å². The Labute approximate surface area is 117 Å². The zero-order chi connectivity index (χ0) is 13.9. The van der Waals surface area contributed by atoms with Crippen LogP contribution in [0.15, 0.2) is 12.4 Å². The molecule has 0 aliphatic heterocycles. The minimum absolute atomic E-state index is 0.222. The maximum absolute atomic E-state index is 6.12. The van der Waals surface area contributed by atoms with Crippen molar-refractivity contribution in [3.05, 3.63) is 18.0 Å². The molecule has 2 atom stereocenters. The fraction of sp³-hybridized carbons (Fsp3) is 0.800. The maximum atomic E-state index is 6.12. The van der Waals surface area contributed by atoms with Crippen molar-refractivity contribution in [1.82, 2.24) is 14.7 Å². The lowest BCUT2D eigenvalue weighted by Crippen LogP contribution is -2.55. The summed E-state index contributed by atoms with van der Waals surface area (Å²) in [7, 11) is 4.21. The van der Waals surface area contributed by atoms with Gasteiger partial charge in [0, 0.05) is 31.9 Å². The average molecular weight is 264 g/mol. The molecule has 0 saturated heterocycles. The average Bonchev–Trinajstić information content (AvgIpc) is 2.81. The van der Waals surface area contributed by atoms with Gasteiger partial charge in [0.1, 0.15) is 0 Å². The molecule has 4 heteroatoms. The van der Waals surface area contributed by atoms with Crippen molar-refractivity contribution >= 4 is 0 Å². The fourth-order valence-corrected chi connectivity index (χ4v) is 3.46. The summed E-state index contributed by atoms with van der Waals surface area (Å²) in [6.07, 6.45) is 10.3. The largest absolute Gasteiger partial charge is 0.329 e. The summed E-state index contributed by atoms with van der Waals surface area (Å²) < 4.78 is 1.87. The minimum atomic E-state index is 0.222. The van der Waals surface area contributed by atoms with Gasteiger partial charge < -0.3 is 5.73 Å². The molecule has 0 aromatic carbocycles. The van der Waals surface area contributed by atoms with Crippen molar-refractivity contribution in [1.29, 1.82) is 0 Å². The second-order valence-electron chi connectivity index (χ2n) is 6.32. The number of rotatable bonds is 5. The number of aromatic nitrogens is 2. The van der Waals surface area contributed by atoms with Crippen molar-refractivity contribution in [3.8, 4) is 0 Å². The Bertz CT molecular complexity index is 401. The summed E-state index contributed by atoms with van der Waals surface area (Å²) in [5.41, 5.74) is 7.65. The first-order valence-corrected chi connectivity index (χ1v) is 7.44. The summed E-state index contributed by atoms with van der Waals surface area (Å²) >= 11 is 0. The predicted octanol–water partition coefficient (Wildman–Crippen LogP) is 1.80. The first kappa shape index (κ1) is 14.5. The Balaban J connectivity index is 1.94. The van der Waals surface area contributed by atoms with Crippen LogP contribution in [0.4, 0.5) is 0 Å². The maximum Gasteiger partial charge on any atom is 0.0522 e. The van der Waals surface area contributed by atoms with E-state index in [9.17, 15) is 0 Å². The Morgan fingerprint density at radius 2 is 2.37 bits per heavy atom. The number of likely N-dealkylation sites (N-methyl/N-ethyl adjacent to an activating group) is 1. The molecule has 0 amide bonds. The van der Waals surface area contributed by atoms with Crippen LogP contribution in [0.25, 0.3) is 0 Å². The molecule has 1 aromatic rings. The molecular weight excluding hydrogens is 236 g/mol. The van der Waals surface area contributed by atoms with Crippen LogP contribution < -0.4 is 5.73 Å². The molecule has 1 aliphatic carbocycles. The highest BCUT2D eigenvalue weighted by atomic mass is 15.2. The molecule has 1 fully saturated rings. The third-order valence-electron chi connectivity index (χ3n) is 4.75. The zero-order valence-corrected chi connectivity index (χ0v) is 12.6. The summed E-state index contributed by atoms with van der Waals surface area (Å²) in [6.45, 7) is 4.20. The molecular formula is C15H28N4. The smallest absolute Gasteiger partial charge is 0.0522 e. The van der Waals surface area contributed by atoms with Crippen LogP contribution in [-0.2, 0) is 13.5 Å². The van der Waals surface area contributed by atoms with Gasteiger partial charge in [-0.2, -0.15) is 5.10 Å². The molecule has 4 nitrogen and oxygen atoms in total. The summed E-state index contributed by atoms with van der Waals surface area (Å²) in [6, 6.07) is 0. The second-order valence-corrected chi connectivity index (χ2v) is 6.32. The lowest BCUT2D eigenvalue weighted by atomic mass is 9.75. The van der Waals surface area contributed by atoms with E-state index in [1.165, 1.54) is 31.2 Å². The van der Waals surface area contributed by atoms with Crippen molar-refractivity contribution in [2.45, 2.75) is 44.6 Å². The summed E-state index contributed by atoms with van der Waals surface area (Å²) in [5.74, 6) is 0.804. The lowest BCUT2D eigenvalue weighted by molar-refractivity contribution is 0.0626. The number of nitrogens with two attached hydrogens (primary N) is 1. The molecule has 0 radical (unpaired) electrons. The van der Waals surface area contributed by atoms with Crippen LogP contribution in [0.1, 0.15) is 38.2 Å². The normalized spacial score (nSPS) is 27.9. The predicted molar refractivity (Wildman–Crippen MR) is 79.0 cm³/mol. The Morgan fingerprint density at radius 1 is 1.58 bits per heavy atom. The van der Waals surface area contributed by atoms with Gasteiger partial charge in [-0.05, 0) is 37.8 Å². The van der Waals surface area contributed by atoms with Gasteiger partial charge in [-0.1, -0.05) is 19.8 Å². The van der Waals surface area contributed by atoms with Gasteiger partial charge in [0.25, 0.3) is 0 Å². The van der Waals surface area contributed by atoms with Crippen LogP contribution in [0.5, 0.6) is 0 Å². The minimum Gasteiger partial charge on any atom is -0.329 e. The topological polar surface area (TPSA) is 47.1 Å². The number of nitrogens with zero attached hydrogens (tertiary/aromatic N) is 3. The molecule has 0 bridgehead atoms. The quantitative estimate of drug-likeness (QED) is 0.882. The Kier molecular flexibility index (Phi) is 4.63. The van der Waals surface area contributed by atoms with Crippen LogP contribution >= 0.6 is 0 Å². The molecule has 0 spiro atoms. The highest BCUT2D eigenvalue weighted by Gasteiger charge is 2.36. The molecule has 2 unspecified atom stereocenters. The van der Waals surface area contributed by atoms with Crippen LogP contribution in [0.2, 0.25) is 0 Å². The third kappa shape index (κ3) is 3.37. The first-order valence-electron chi connectivity index (χ1n) is 7.44. The van der Waals surface area contributed by atoms with Gasteiger partial charge in [0.2, 0.25) is 0 Å². The molecule has 1 aliphatic rings. The van der Waals surface area contributed by atoms with Gasteiger partial charge in [-0.3, -0.25) is 9.58 Å². The van der Waals surface area contributed by atoms with Gasteiger partial charge >= 0.3 is 0 Å². The van der Waals surface area contributed by atoms with E-state index in [4.69, 9.17) is 5.73 Å². The third-order valence-corrected chi connectivity index (χ3v) is 4.75. The van der Waals surface area contributed by atoms with Gasteiger partial charge in [0.15, 0.2) is 0 Å². The zero-order valence-electron chi connectivity index (χ0n) is 12.6. The van der Waals surface area contributed by atoms with E-state index in [0.717, 1.165) is 25.4 Å². The monoisotopic (exact) mass is 264 g/mol. The standard InChI is InChI=1S/C15H28N4/c1-13-5-4-7-15(9-13,12-16)18(2)8-6-14-10-17-19(3)11-14/h10-11,13H,4-9,12,16H2,1-3H3. The van der Waals surface area contributed by atoms with E-state index >= 15 is 0 Å². The number of aryl methyl sites for hydroxylation is 1. The van der Waals surface area contributed by atoms with E-state index in [-0.39, 0.29) is 5.54 Å². The van der Waals surface area contributed by atoms with E-state index in [0.29, 0.717) is 0 Å². The summed E-state index contributed by atoms with van der Waals surface area (Å²) in [4.78, 5) is 2.50. The van der Waals surface area contributed by atoms with Crippen LogP contribution in [-0.4, -0.2) is 40.4 Å². The van der Waals surface area contributed by atoms with E-state index in [2.05, 4.69) is 30.2 Å². The van der Waals surface area contributed by atoms with Crippen molar-refractivity contribution in [2.24, 2.45) is 18.7 Å². The van der Waals surface area contributed by atoms with Gasteiger partial charge in [-0.15, -0.1) is 0 Å². The van der Waals surface area contributed by atoms with Crippen molar-refractivity contribution < 1.29 is 0 Å². The van der Waals surface area contributed by atoms with Crippen LogP contribution in [0, 0.1) is 5.92 Å². The molecule has 2 rings (SSSR count). The Morgan fingerprint density at radius 3 is 2.95 bits per heavy atom. The summed E-state index contributed by atoms with van der Waals surface area (Å²) in [5, 5.41) is 4.23. The van der Waals surface area contributed by atoms with Gasteiger partial charge in [-0.25, -0.2) is 0 Å². The van der Waals surface area contributed by atoms with Gasteiger partial charge in [0.05, 0.1) is 6.20 Å². The second kappa shape index (κ2) is 6.06. The highest BCUT2D eigenvalue weighted by Crippen LogP contribution is 2.35. The van der Waals surface area contributed by atoms with E-state index in [1.54, 1.807) is 0 Å². The molecule has 108 valence electrons. The highest BCUT2D eigenvalue weighted by molar-refractivity contribution is 5.05. The lowest BCUT2D eigenvalue weighted by Gasteiger charge is -2.46. The van der Waals surface area contributed by atoms with E-state index < -0.39 is 0 Å². The fourth-order valence-electron chi connectivity index (χ4n) is 3.46. The number of hydrogen-bond acceptors (Lipinski definition) is 3. The Hall–Kier alpha value is -0.870. The molecule has 19 heavy (non-hydrogen) atoms. The van der Waals surface area contributed by atoms with E-state index in [1.807, 2.05) is 17.9 Å².